The molecule has 0 saturated carbocycles. The van der Waals surface area contributed by atoms with Crippen LogP contribution in [-0.4, -0.2) is 50.9 Å². The van der Waals surface area contributed by atoms with Crippen LogP contribution in [0.4, 0.5) is 4.79 Å². The molecule has 0 atom stereocenters. The highest BCUT2D eigenvalue weighted by molar-refractivity contribution is 5.69. The van der Waals surface area contributed by atoms with Crippen molar-refractivity contribution in [3.8, 4) is 11.4 Å². The number of nitrogens with zero attached hydrogens (tertiary/aromatic N) is 5. The molecule has 7 heteroatoms. The molecule has 0 N–H and O–H groups in total. The number of hydrogen-bond donors (Lipinski definition) is 0. The average Bonchev–Trinajstić information content (AvgIpc) is 3.10. The van der Waals surface area contributed by atoms with Gasteiger partial charge in [0.2, 0.25) is 5.82 Å². The van der Waals surface area contributed by atoms with E-state index in [1.54, 1.807) is 9.70 Å². The molecule has 0 radical (unpaired) electrons. The third-order valence-electron chi connectivity index (χ3n) is 3.12. The van der Waals surface area contributed by atoms with Gasteiger partial charge in [-0.3, -0.25) is 0 Å². The second-order valence-electron chi connectivity index (χ2n) is 4.53. The van der Waals surface area contributed by atoms with Crippen LogP contribution >= 0.6 is 0 Å². The molecule has 3 rings (SSSR count). The van der Waals surface area contributed by atoms with Crippen LogP contribution in [0, 0.1) is 0 Å². The summed E-state index contributed by atoms with van der Waals surface area (Å²) >= 11 is 0. The summed E-state index contributed by atoms with van der Waals surface area (Å²) in [6.07, 6.45) is 0.543. The maximum atomic E-state index is 11.3. The summed E-state index contributed by atoms with van der Waals surface area (Å²) in [7, 11) is 0. The van der Waals surface area contributed by atoms with Crippen LogP contribution < -0.4 is 0 Å². The van der Waals surface area contributed by atoms with Crippen molar-refractivity contribution in [1.82, 2.24) is 25.1 Å². The normalized spacial score (nSPS) is 14.6. The Balaban J connectivity index is 1.54. The van der Waals surface area contributed by atoms with Gasteiger partial charge in [-0.1, -0.05) is 30.3 Å². The molecule has 0 bridgehead atoms. The quantitative estimate of drug-likeness (QED) is 0.818. The monoisotopic (exact) mass is 273 g/mol. The molecule has 1 aliphatic rings. The molecule has 1 aromatic heterocycles. The number of rotatable bonds is 5. The molecule has 1 saturated heterocycles. The van der Waals surface area contributed by atoms with Gasteiger partial charge < -0.3 is 9.64 Å². The van der Waals surface area contributed by atoms with Gasteiger partial charge in [-0.05, 0) is 11.6 Å². The van der Waals surface area contributed by atoms with Gasteiger partial charge in [0.1, 0.15) is 6.61 Å². The van der Waals surface area contributed by atoms with Gasteiger partial charge in [0.05, 0.1) is 13.1 Å². The molecule has 0 spiro atoms. The lowest BCUT2D eigenvalue weighted by Crippen LogP contribution is -2.26. The van der Waals surface area contributed by atoms with Crippen LogP contribution in [-0.2, 0) is 11.3 Å². The predicted molar refractivity (Wildman–Crippen MR) is 70.8 cm³/mol. The molecule has 2 aromatic rings. The summed E-state index contributed by atoms with van der Waals surface area (Å²) in [5, 5.41) is 12.4. The molecular weight excluding hydrogens is 258 g/mol. The Morgan fingerprint density at radius 1 is 1.20 bits per heavy atom. The van der Waals surface area contributed by atoms with Crippen molar-refractivity contribution in [2.24, 2.45) is 0 Å². The Morgan fingerprint density at radius 2 is 2.05 bits per heavy atom. The Labute approximate surface area is 116 Å². The number of aromatic nitrogens is 4. The van der Waals surface area contributed by atoms with Gasteiger partial charge in [-0.15, -0.1) is 10.2 Å². The van der Waals surface area contributed by atoms with E-state index in [-0.39, 0.29) is 6.09 Å². The van der Waals surface area contributed by atoms with Crippen molar-refractivity contribution in [2.75, 3.05) is 19.7 Å². The van der Waals surface area contributed by atoms with Gasteiger partial charge >= 0.3 is 6.09 Å². The number of amides is 1. The van der Waals surface area contributed by atoms with Crippen LogP contribution in [0.2, 0.25) is 0 Å². The average molecular weight is 273 g/mol. The zero-order chi connectivity index (χ0) is 13.8. The number of carbonyl (C=O) groups excluding carboxylic acids is 1. The van der Waals surface area contributed by atoms with Gasteiger partial charge in [0, 0.05) is 12.1 Å². The van der Waals surface area contributed by atoms with Crippen molar-refractivity contribution in [2.45, 2.75) is 13.0 Å². The first-order valence-electron chi connectivity index (χ1n) is 6.58. The van der Waals surface area contributed by atoms with Crippen LogP contribution in [0.3, 0.4) is 0 Å². The summed E-state index contributed by atoms with van der Waals surface area (Å²) in [5.74, 6) is 0.617. The first-order valence-corrected chi connectivity index (χ1v) is 6.58. The first kappa shape index (κ1) is 12.6. The largest absolute Gasteiger partial charge is 0.448 e. The number of benzene rings is 1. The van der Waals surface area contributed by atoms with Crippen molar-refractivity contribution in [3.63, 3.8) is 0 Å². The van der Waals surface area contributed by atoms with E-state index in [0.717, 1.165) is 12.0 Å². The zero-order valence-electron chi connectivity index (χ0n) is 11.0. The van der Waals surface area contributed by atoms with Gasteiger partial charge in [0.25, 0.3) is 0 Å². The minimum atomic E-state index is -0.235. The Bertz CT molecular complexity index is 583. The summed E-state index contributed by atoms with van der Waals surface area (Å²) in [5.41, 5.74) is 0.946. The van der Waals surface area contributed by atoms with Crippen molar-refractivity contribution >= 4 is 6.09 Å². The van der Waals surface area contributed by atoms with E-state index in [1.165, 1.54) is 0 Å². The lowest BCUT2D eigenvalue weighted by atomic mass is 10.2. The molecule has 2 heterocycles. The maximum Gasteiger partial charge on any atom is 0.409 e. The standard InChI is InChI=1S/C13H15N5O2/c19-13-17(9-10-20-13)7-4-8-18-15-12(14-16-18)11-5-2-1-3-6-11/h1-3,5-6H,4,7-10H2. The number of carbonyl (C=O) groups is 1. The van der Waals surface area contributed by atoms with E-state index in [4.69, 9.17) is 4.74 Å². The van der Waals surface area contributed by atoms with Crippen molar-refractivity contribution in [1.29, 1.82) is 0 Å². The van der Waals surface area contributed by atoms with E-state index >= 15 is 0 Å². The topological polar surface area (TPSA) is 73.1 Å². The molecule has 1 amide bonds. The fourth-order valence-corrected chi connectivity index (χ4v) is 2.07. The molecule has 1 aliphatic heterocycles. The fourth-order valence-electron chi connectivity index (χ4n) is 2.07. The van der Waals surface area contributed by atoms with Gasteiger partial charge in [-0.25, -0.2) is 4.79 Å². The van der Waals surface area contributed by atoms with Crippen LogP contribution in [0.25, 0.3) is 11.4 Å². The Morgan fingerprint density at radius 3 is 2.80 bits per heavy atom. The van der Waals surface area contributed by atoms with Crippen molar-refractivity contribution < 1.29 is 9.53 Å². The predicted octanol–water partition coefficient (Wildman–Crippen LogP) is 1.18. The van der Waals surface area contributed by atoms with E-state index in [1.807, 2.05) is 30.3 Å². The van der Waals surface area contributed by atoms with Crippen LogP contribution in [0.5, 0.6) is 0 Å². The molecule has 0 aliphatic carbocycles. The first-order chi connectivity index (χ1) is 9.83. The highest BCUT2D eigenvalue weighted by Crippen LogP contribution is 2.12. The minimum absolute atomic E-state index is 0.235. The number of ether oxygens (including phenoxy) is 1. The third-order valence-corrected chi connectivity index (χ3v) is 3.12. The molecular formula is C13H15N5O2. The molecule has 20 heavy (non-hydrogen) atoms. The lowest BCUT2D eigenvalue weighted by Gasteiger charge is -2.11. The second kappa shape index (κ2) is 5.68. The third kappa shape index (κ3) is 2.76. The van der Waals surface area contributed by atoms with Gasteiger partial charge in [-0.2, -0.15) is 4.80 Å². The fraction of sp³-hybridized carbons (Fsp3) is 0.385. The van der Waals surface area contributed by atoms with Gasteiger partial charge in [0.15, 0.2) is 0 Å². The van der Waals surface area contributed by atoms with E-state index in [9.17, 15) is 4.79 Å². The maximum absolute atomic E-state index is 11.3. The van der Waals surface area contributed by atoms with Crippen molar-refractivity contribution in [3.05, 3.63) is 30.3 Å². The van der Waals surface area contributed by atoms with Crippen LogP contribution in [0.1, 0.15) is 6.42 Å². The smallest absolute Gasteiger partial charge is 0.409 e. The lowest BCUT2D eigenvalue weighted by molar-refractivity contribution is 0.157. The summed E-state index contributed by atoms with van der Waals surface area (Å²) in [6, 6.07) is 9.72. The SMILES string of the molecule is O=C1OCCN1CCCn1nnc(-c2ccccc2)n1. The Hall–Kier alpha value is -2.44. The number of hydrogen-bond acceptors (Lipinski definition) is 5. The molecule has 104 valence electrons. The molecule has 1 fully saturated rings. The summed E-state index contributed by atoms with van der Waals surface area (Å²) in [6.45, 7) is 2.43. The second-order valence-corrected chi connectivity index (χ2v) is 4.53. The number of aryl methyl sites for hydroxylation is 1. The van der Waals surface area contributed by atoms with E-state index in [2.05, 4.69) is 15.4 Å². The van der Waals surface area contributed by atoms with E-state index < -0.39 is 0 Å². The summed E-state index contributed by atoms with van der Waals surface area (Å²) < 4.78 is 4.87. The van der Waals surface area contributed by atoms with Crippen LogP contribution in [0.15, 0.2) is 30.3 Å². The molecule has 7 nitrogen and oxygen atoms in total. The molecule has 1 aromatic carbocycles. The minimum Gasteiger partial charge on any atom is -0.448 e. The van der Waals surface area contributed by atoms with E-state index in [0.29, 0.717) is 32.1 Å². The zero-order valence-corrected chi connectivity index (χ0v) is 11.0. The highest BCUT2D eigenvalue weighted by Gasteiger charge is 2.20. The Kier molecular flexibility index (Phi) is 3.58. The molecule has 0 unspecified atom stereocenters. The number of cyclic esters (lactones) is 1. The summed E-state index contributed by atoms with van der Waals surface area (Å²) in [4.78, 5) is 14.5. The number of tetrazole rings is 1. The highest BCUT2D eigenvalue weighted by atomic mass is 16.6.